The Morgan fingerprint density at radius 2 is 1.95 bits per heavy atom. The number of nitrogens with zero attached hydrogens (tertiary/aromatic N) is 2. The maximum absolute atomic E-state index is 12.5. The van der Waals surface area contributed by atoms with Gasteiger partial charge in [-0.15, -0.1) is 0 Å². The highest BCUT2D eigenvalue weighted by molar-refractivity contribution is 5.77. The van der Waals surface area contributed by atoms with Crippen LogP contribution in [0, 0.1) is 11.3 Å². The molecule has 6 heteroatoms. The van der Waals surface area contributed by atoms with Crippen molar-refractivity contribution in [2.24, 2.45) is 0 Å². The summed E-state index contributed by atoms with van der Waals surface area (Å²) in [5.74, 6) is -0.868. The molecule has 0 aromatic heterocycles. The van der Waals surface area contributed by atoms with E-state index >= 15 is 0 Å². The zero-order valence-corrected chi connectivity index (χ0v) is 12.3. The number of aliphatic carboxylic acids is 1. The van der Waals surface area contributed by atoms with Crippen LogP contribution in [0.3, 0.4) is 0 Å². The summed E-state index contributed by atoms with van der Waals surface area (Å²) in [7, 11) is 0. The van der Waals surface area contributed by atoms with Gasteiger partial charge < -0.3 is 15.3 Å². The molecule has 2 amide bonds. The fraction of sp³-hybridized carbons (Fsp3) is 0.800. The highest BCUT2D eigenvalue weighted by Gasteiger charge is 2.39. The van der Waals surface area contributed by atoms with E-state index in [1.807, 2.05) is 0 Å². The van der Waals surface area contributed by atoms with Crippen LogP contribution in [0.5, 0.6) is 0 Å². The first-order chi connectivity index (χ1) is 10.1. The van der Waals surface area contributed by atoms with Crippen LogP contribution in [0.15, 0.2) is 0 Å². The Morgan fingerprint density at radius 3 is 2.48 bits per heavy atom. The van der Waals surface area contributed by atoms with Crippen molar-refractivity contribution in [1.29, 1.82) is 5.26 Å². The second-order valence-corrected chi connectivity index (χ2v) is 6.17. The van der Waals surface area contributed by atoms with E-state index in [0.717, 1.165) is 44.9 Å². The number of carbonyl (C=O) groups excluding carboxylic acids is 1. The molecule has 2 rings (SSSR count). The maximum Gasteiger partial charge on any atom is 0.318 e. The number of carboxylic acid groups (broad SMARTS) is 1. The topological polar surface area (TPSA) is 93.4 Å². The lowest BCUT2D eigenvalue weighted by Gasteiger charge is -2.38. The Balaban J connectivity index is 2.02. The lowest BCUT2D eigenvalue weighted by molar-refractivity contribution is -0.139. The van der Waals surface area contributed by atoms with Gasteiger partial charge in [-0.25, -0.2) is 4.79 Å². The lowest BCUT2D eigenvalue weighted by Crippen LogP contribution is -2.55. The molecule has 0 aromatic rings. The molecule has 0 bridgehead atoms. The van der Waals surface area contributed by atoms with E-state index in [-0.39, 0.29) is 18.5 Å². The third-order valence-corrected chi connectivity index (χ3v) is 4.39. The van der Waals surface area contributed by atoms with Crippen molar-refractivity contribution in [1.82, 2.24) is 10.2 Å². The molecule has 6 nitrogen and oxygen atoms in total. The minimum absolute atomic E-state index is 0.0184. The third-order valence-electron chi connectivity index (χ3n) is 4.39. The number of rotatable bonds is 6. The Kier molecular flexibility index (Phi) is 5.05. The molecule has 2 aliphatic carbocycles. The Bertz CT molecular complexity index is 434. The molecule has 2 aliphatic rings. The van der Waals surface area contributed by atoms with Crippen molar-refractivity contribution in [2.45, 2.75) is 69.4 Å². The smallest absolute Gasteiger partial charge is 0.318 e. The highest BCUT2D eigenvalue weighted by Crippen LogP contribution is 2.33. The predicted octanol–water partition coefficient (Wildman–Crippen LogP) is 2.25. The van der Waals surface area contributed by atoms with E-state index in [2.05, 4.69) is 11.4 Å². The van der Waals surface area contributed by atoms with E-state index in [9.17, 15) is 9.59 Å². The molecule has 0 saturated heterocycles. The van der Waals surface area contributed by atoms with E-state index in [0.29, 0.717) is 13.0 Å². The molecule has 0 unspecified atom stereocenters. The fourth-order valence-electron chi connectivity index (χ4n) is 3.17. The van der Waals surface area contributed by atoms with Crippen LogP contribution in [0.4, 0.5) is 4.79 Å². The monoisotopic (exact) mass is 293 g/mol. The first-order valence-corrected chi connectivity index (χ1v) is 7.74. The summed E-state index contributed by atoms with van der Waals surface area (Å²) in [6.45, 7) is 0.427. The van der Waals surface area contributed by atoms with Crippen molar-refractivity contribution >= 4 is 12.0 Å². The molecule has 2 N–H and O–H groups in total. The molecule has 0 heterocycles. The van der Waals surface area contributed by atoms with Crippen molar-refractivity contribution in [2.75, 3.05) is 6.54 Å². The van der Waals surface area contributed by atoms with Crippen LogP contribution >= 0.6 is 0 Å². The maximum atomic E-state index is 12.5. The van der Waals surface area contributed by atoms with Crippen LogP contribution in [-0.4, -0.2) is 40.1 Å². The van der Waals surface area contributed by atoms with Crippen molar-refractivity contribution in [3.8, 4) is 6.07 Å². The van der Waals surface area contributed by atoms with E-state index in [1.54, 1.807) is 4.90 Å². The van der Waals surface area contributed by atoms with E-state index < -0.39 is 11.5 Å². The number of hydrogen-bond donors (Lipinski definition) is 2. The molecule has 21 heavy (non-hydrogen) atoms. The van der Waals surface area contributed by atoms with Gasteiger partial charge in [0, 0.05) is 12.6 Å². The Labute approximate surface area is 125 Å². The molecule has 0 radical (unpaired) electrons. The number of carbonyl (C=O) groups is 2. The Hall–Kier alpha value is -1.77. The highest BCUT2D eigenvalue weighted by atomic mass is 16.4. The molecule has 2 saturated carbocycles. The van der Waals surface area contributed by atoms with Crippen molar-refractivity contribution in [3.63, 3.8) is 0 Å². The van der Waals surface area contributed by atoms with Gasteiger partial charge in [-0.1, -0.05) is 19.3 Å². The molecule has 0 atom stereocenters. The molecular formula is C15H23N3O3. The number of amides is 2. The minimum atomic E-state index is -0.868. The summed E-state index contributed by atoms with van der Waals surface area (Å²) in [6.07, 6.45) is 6.70. The van der Waals surface area contributed by atoms with E-state index in [1.165, 1.54) is 0 Å². The van der Waals surface area contributed by atoms with Gasteiger partial charge >= 0.3 is 12.0 Å². The van der Waals surface area contributed by atoms with Gasteiger partial charge in [0.05, 0.1) is 24.4 Å². The van der Waals surface area contributed by atoms with E-state index in [4.69, 9.17) is 10.4 Å². The largest absolute Gasteiger partial charge is 0.481 e. The molecular weight excluding hydrogens is 270 g/mol. The normalized spacial score (nSPS) is 20.3. The van der Waals surface area contributed by atoms with Crippen molar-refractivity contribution in [3.05, 3.63) is 0 Å². The molecule has 2 fully saturated rings. The van der Waals surface area contributed by atoms with Crippen LogP contribution in [-0.2, 0) is 4.79 Å². The van der Waals surface area contributed by atoms with Gasteiger partial charge in [-0.05, 0) is 25.7 Å². The number of nitriles is 1. The van der Waals surface area contributed by atoms with Gasteiger partial charge in [0.15, 0.2) is 0 Å². The minimum Gasteiger partial charge on any atom is -0.481 e. The Morgan fingerprint density at radius 1 is 1.29 bits per heavy atom. The molecule has 0 aliphatic heterocycles. The zero-order valence-electron chi connectivity index (χ0n) is 12.3. The van der Waals surface area contributed by atoms with Gasteiger partial charge in [0.25, 0.3) is 0 Å². The SMILES string of the molecule is N#CCCN(C(=O)NC1(CC(=O)O)CCCCC1)C1CC1. The van der Waals surface area contributed by atoms with Gasteiger partial charge in [0.2, 0.25) is 0 Å². The van der Waals surface area contributed by atoms with Crippen LogP contribution < -0.4 is 5.32 Å². The van der Waals surface area contributed by atoms with Gasteiger partial charge in [-0.3, -0.25) is 4.79 Å². The molecule has 0 aromatic carbocycles. The van der Waals surface area contributed by atoms with Crippen LogP contribution in [0.2, 0.25) is 0 Å². The second kappa shape index (κ2) is 6.79. The summed E-state index contributed by atoms with van der Waals surface area (Å²) < 4.78 is 0. The summed E-state index contributed by atoms with van der Waals surface area (Å²) in [4.78, 5) is 25.3. The molecule has 0 spiro atoms. The van der Waals surface area contributed by atoms with Gasteiger partial charge in [0.1, 0.15) is 0 Å². The standard InChI is InChI=1S/C15H23N3O3/c16-9-4-10-18(12-5-6-12)14(21)17-15(11-13(19)20)7-2-1-3-8-15/h12H,1-8,10-11H2,(H,17,21)(H,19,20). The summed E-state index contributed by atoms with van der Waals surface area (Å²) in [5.41, 5.74) is -0.610. The quantitative estimate of drug-likeness (QED) is 0.785. The second-order valence-electron chi connectivity index (χ2n) is 6.17. The number of carboxylic acids is 1. The number of hydrogen-bond acceptors (Lipinski definition) is 3. The first kappa shape index (κ1) is 15.6. The first-order valence-electron chi connectivity index (χ1n) is 7.74. The molecule has 116 valence electrons. The summed E-state index contributed by atoms with van der Waals surface area (Å²) >= 11 is 0. The summed E-state index contributed by atoms with van der Waals surface area (Å²) in [6, 6.07) is 2.09. The third kappa shape index (κ3) is 4.35. The van der Waals surface area contributed by atoms with Gasteiger partial charge in [-0.2, -0.15) is 5.26 Å². The predicted molar refractivity (Wildman–Crippen MR) is 76.6 cm³/mol. The number of nitrogens with one attached hydrogen (secondary N) is 1. The average Bonchev–Trinajstić information content (AvgIpc) is 3.23. The zero-order chi connectivity index (χ0) is 15.3. The average molecular weight is 293 g/mol. The van der Waals surface area contributed by atoms with Crippen LogP contribution in [0.25, 0.3) is 0 Å². The number of urea groups is 1. The summed E-state index contributed by atoms with van der Waals surface area (Å²) in [5, 5.41) is 20.8. The van der Waals surface area contributed by atoms with Crippen molar-refractivity contribution < 1.29 is 14.7 Å². The van der Waals surface area contributed by atoms with Crippen LogP contribution in [0.1, 0.15) is 57.8 Å². The lowest BCUT2D eigenvalue weighted by atomic mass is 9.79. The fourth-order valence-corrected chi connectivity index (χ4v) is 3.17.